The van der Waals surface area contributed by atoms with Crippen LogP contribution in [0.5, 0.6) is 0 Å². The number of nitrogens with one attached hydrogen (secondary N) is 1. The van der Waals surface area contributed by atoms with Crippen molar-refractivity contribution in [2.45, 2.75) is 19.4 Å². The highest BCUT2D eigenvalue weighted by molar-refractivity contribution is 14.1. The van der Waals surface area contributed by atoms with Gasteiger partial charge in [-0.25, -0.2) is 0 Å². The van der Waals surface area contributed by atoms with Crippen LogP contribution in [0.1, 0.15) is 13.3 Å². The molecule has 0 bridgehead atoms. The van der Waals surface area contributed by atoms with Gasteiger partial charge in [-0.1, -0.05) is 18.5 Å². The fourth-order valence-corrected chi connectivity index (χ4v) is 3.03. The molecule has 1 aliphatic heterocycles. The van der Waals surface area contributed by atoms with Gasteiger partial charge < -0.3 is 10.2 Å². The van der Waals surface area contributed by atoms with E-state index in [1.54, 1.807) is 0 Å². The maximum atomic E-state index is 6.29. The Morgan fingerprint density at radius 2 is 2.38 bits per heavy atom. The van der Waals surface area contributed by atoms with Crippen LogP contribution >= 0.6 is 34.2 Å². The highest BCUT2D eigenvalue weighted by atomic mass is 127. The number of nitrogens with zero attached hydrogens (tertiary/aromatic N) is 1. The molecule has 1 heterocycles. The number of halogens is 2. The molecule has 16 heavy (non-hydrogen) atoms. The number of benzene rings is 1. The fourth-order valence-electron chi connectivity index (χ4n) is 2.06. The molecule has 0 aromatic heterocycles. The molecule has 1 fully saturated rings. The SMILES string of the molecule is CCC1CN(c2ccc(I)cc2Cl)CCN1. The lowest BCUT2D eigenvalue weighted by Gasteiger charge is -2.35. The van der Waals surface area contributed by atoms with Gasteiger partial charge in [0, 0.05) is 29.2 Å². The van der Waals surface area contributed by atoms with Gasteiger partial charge in [0.2, 0.25) is 0 Å². The first kappa shape index (κ1) is 12.5. The summed E-state index contributed by atoms with van der Waals surface area (Å²) in [6, 6.07) is 6.86. The summed E-state index contributed by atoms with van der Waals surface area (Å²) in [5.74, 6) is 0. The normalized spacial score (nSPS) is 21.2. The molecule has 2 rings (SSSR count). The van der Waals surface area contributed by atoms with E-state index < -0.39 is 0 Å². The molecular formula is C12H16ClIN2. The second kappa shape index (κ2) is 5.56. The minimum absolute atomic E-state index is 0.587. The number of hydrogen-bond acceptors (Lipinski definition) is 2. The molecule has 1 saturated heterocycles. The molecule has 0 radical (unpaired) electrons. The third-order valence-corrected chi connectivity index (χ3v) is 3.97. The third kappa shape index (κ3) is 2.81. The van der Waals surface area contributed by atoms with Crippen LogP contribution in [0, 0.1) is 3.57 Å². The summed E-state index contributed by atoms with van der Waals surface area (Å²) < 4.78 is 1.19. The van der Waals surface area contributed by atoms with Gasteiger partial charge in [-0.05, 0) is 47.2 Å². The Hall–Kier alpha value is -0.000000000000000132. The zero-order valence-corrected chi connectivity index (χ0v) is 12.3. The molecule has 1 aliphatic rings. The number of anilines is 1. The molecule has 0 spiro atoms. The largest absolute Gasteiger partial charge is 0.367 e. The lowest BCUT2D eigenvalue weighted by molar-refractivity contribution is 0.447. The van der Waals surface area contributed by atoms with E-state index in [1.165, 1.54) is 15.7 Å². The molecule has 1 aromatic carbocycles. The van der Waals surface area contributed by atoms with Crippen LogP contribution in [0.15, 0.2) is 18.2 Å². The molecule has 0 aliphatic carbocycles. The van der Waals surface area contributed by atoms with E-state index in [9.17, 15) is 0 Å². The van der Waals surface area contributed by atoms with Crippen LogP contribution in [-0.4, -0.2) is 25.7 Å². The van der Waals surface area contributed by atoms with E-state index in [0.29, 0.717) is 6.04 Å². The average molecular weight is 351 g/mol. The minimum atomic E-state index is 0.587. The summed E-state index contributed by atoms with van der Waals surface area (Å²) in [4.78, 5) is 2.38. The maximum Gasteiger partial charge on any atom is 0.0650 e. The van der Waals surface area contributed by atoms with E-state index in [1.807, 2.05) is 6.07 Å². The summed E-state index contributed by atoms with van der Waals surface area (Å²) in [7, 11) is 0. The molecule has 88 valence electrons. The van der Waals surface area contributed by atoms with E-state index in [-0.39, 0.29) is 0 Å². The van der Waals surface area contributed by atoms with E-state index in [4.69, 9.17) is 11.6 Å². The van der Waals surface area contributed by atoms with Gasteiger partial charge in [-0.15, -0.1) is 0 Å². The molecule has 1 aromatic rings. The number of hydrogen-bond donors (Lipinski definition) is 1. The Morgan fingerprint density at radius 1 is 1.56 bits per heavy atom. The first-order valence-electron chi connectivity index (χ1n) is 5.64. The van der Waals surface area contributed by atoms with Crippen molar-refractivity contribution in [3.63, 3.8) is 0 Å². The lowest BCUT2D eigenvalue weighted by Crippen LogP contribution is -2.50. The third-order valence-electron chi connectivity index (χ3n) is 3.00. The van der Waals surface area contributed by atoms with Crippen molar-refractivity contribution >= 4 is 39.9 Å². The van der Waals surface area contributed by atoms with Gasteiger partial charge in [-0.2, -0.15) is 0 Å². The Labute approximate surface area is 115 Å². The predicted octanol–water partition coefficient (Wildman–Crippen LogP) is 3.13. The Balaban J connectivity index is 2.16. The summed E-state index contributed by atoms with van der Waals surface area (Å²) in [5, 5.41) is 4.38. The molecule has 1 atom stereocenters. The predicted molar refractivity (Wildman–Crippen MR) is 78.5 cm³/mol. The van der Waals surface area contributed by atoms with Crippen LogP contribution in [0.2, 0.25) is 5.02 Å². The van der Waals surface area contributed by atoms with Crippen molar-refractivity contribution in [3.05, 3.63) is 26.8 Å². The monoisotopic (exact) mass is 350 g/mol. The maximum absolute atomic E-state index is 6.29. The summed E-state index contributed by atoms with van der Waals surface area (Å²) in [6.45, 7) is 5.35. The van der Waals surface area contributed by atoms with Gasteiger partial charge in [-0.3, -0.25) is 0 Å². The van der Waals surface area contributed by atoms with E-state index >= 15 is 0 Å². The van der Waals surface area contributed by atoms with Gasteiger partial charge in [0.05, 0.1) is 10.7 Å². The second-order valence-corrected chi connectivity index (χ2v) is 5.75. The highest BCUT2D eigenvalue weighted by Gasteiger charge is 2.19. The van der Waals surface area contributed by atoms with E-state index in [2.05, 4.69) is 51.9 Å². The molecule has 0 amide bonds. The fraction of sp³-hybridized carbons (Fsp3) is 0.500. The number of piperazine rings is 1. The highest BCUT2D eigenvalue weighted by Crippen LogP contribution is 2.28. The van der Waals surface area contributed by atoms with E-state index in [0.717, 1.165) is 24.7 Å². The lowest BCUT2D eigenvalue weighted by atomic mass is 10.1. The van der Waals surface area contributed by atoms with Crippen LogP contribution in [-0.2, 0) is 0 Å². The Bertz CT molecular complexity index is 370. The van der Waals surface area contributed by atoms with Crippen LogP contribution in [0.3, 0.4) is 0 Å². The van der Waals surface area contributed by atoms with Crippen LogP contribution in [0.25, 0.3) is 0 Å². The molecule has 1 unspecified atom stereocenters. The molecule has 1 N–H and O–H groups in total. The van der Waals surface area contributed by atoms with Crippen LogP contribution in [0.4, 0.5) is 5.69 Å². The first-order valence-corrected chi connectivity index (χ1v) is 7.09. The summed E-state index contributed by atoms with van der Waals surface area (Å²) >= 11 is 8.58. The average Bonchev–Trinajstić information content (AvgIpc) is 2.29. The Kier molecular flexibility index (Phi) is 4.33. The first-order chi connectivity index (χ1) is 7.70. The van der Waals surface area contributed by atoms with Gasteiger partial charge >= 0.3 is 0 Å². The van der Waals surface area contributed by atoms with Gasteiger partial charge in [0.1, 0.15) is 0 Å². The van der Waals surface area contributed by atoms with Gasteiger partial charge in [0.15, 0.2) is 0 Å². The second-order valence-electron chi connectivity index (χ2n) is 4.10. The van der Waals surface area contributed by atoms with Crippen molar-refractivity contribution in [3.8, 4) is 0 Å². The number of rotatable bonds is 2. The summed E-state index contributed by atoms with van der Waals surface area (Å²) in [6.07, 6.45) is 1.17. The zero-order chi connectivity index (χ0) is 11.5. The Morgan fingerprint density at radius 3 is 3.06 bits per heavy atom. The molecule has 2 nitrogen and oxygen atoms in total. The summed E-state index contributed by atoms with van der Waals surface area (Å²) in [5.41, 5.74) is 1.17. The topological polar surface area (TPSA) is 15.3 Å². The van der Waals surface area contributed by atoms with Crippen molar-refractivity contribution in [1.29, 1.82) is 0 Å². The van der Waals surface area contributed by atoms with Crippen LogP contribution < -0.4 is 10.2 Å². The zero-order valence-electron chi connectivity index (χ0n) is 9.34. The minimum Gasteiger partial charge on any atom is -0.367 e. The standard InChI is InChI=1S/C12H16ClIN2/c1-2-10-8-16(6-5-15-10)12-4-3-9(14)7-11(12)13/h3-4,7,10,15H,2,5-6,8H2,1H3. The van der Waals surface area contributed by atoms with Crippen molar-refractivity contribution in [2.75, 3.05) is 24.5 Å². The van der Waals surface area contributed by atoms with Gasteiger partial charge in [0.25, 0.3) is 0 Å². The molecule has 4 heteroatoms. The molecule has 0 saturated carbocycles. The smallest absolute Gasteiger partial charge is 0.0650 e. The van der Waals surface area contributed by atoms with Crippen molar-refractivity contribution in [1.82, 2.24) is 5.32 Å². The van der Waals surface area contributed by atoms with Crippen molar-refractivity contribution < 1.29 is 0 Å². The van der Waals surface area contributed by atoms with Crippen molar-refractivity contribution in [2.24, 2.45) is 0 Å². The molecular weight excluding hydrogens is 335 g/mol. The quantitative estimate of drug-likeness (QED) is 0.825.